The Morgan fingerprint density at radius 1 is 1.32 bits per heavy atom. The van der Waals surface area contributed by atoms with Crippen LogP contribution in [0.15, 0.2) is 24.4 Å². The fourth-order valence-corrected chi connectivity index (χ4v) is 2.02. The van der Waals surface area contributed by atoms with Crippen LogP contribution in [0.5, 0.6) is 0 Å². The Bertz CT molecular complexity index is 691. The lowest BCUT2D eigenvalue weighted by Gasteiger charge is -2.26. The number of urea groups is 1. The zero-order chi connectivity index (χ0) is 13.4. The highest BCUT2D eigenvalue weighted by Crippen LogP contribution is 2.18. The number of hydrogen-bond acceptors (Lipinski definition) is 4. The van der Waals surface area contributed by atoms with Crippen LogP contribution in [0.1, 0.15) is 16.9 Å². The van der Waals surface area contributed by atoms with Gasteiger partial charge in [-0.1, -0.05) is 0 Å². The molecule has 3 amide bonds. The molecule has 1 N–H and O–H groups in total. The van der Waals surface area contributed by atoms with Gasteiger partial charge in [0.15, 0.2) is 6.29 Å². The minimum atomic E-state index is -0.446. The number of imide groups is 1. The third kappa shape index (κ3) is 1.95. The topological polar surface area (TPSA) is 83.8 Å². The zero-order valence-electron chi connectivity index (χ0n) is 9.87. The van der Waals surface area contributed by atoms with E-state index in [-0.39, 0.29) is 12.3 Å². The van der Waals surface area contributed by atoms with Gasteiger partial charge in [0.2, 0.25) is 5.91 Å². The molecule has 0 bridgehead atoms. The molecule has 1 saturated heterocycles. The number of fused-ring (bicyclic) bond motifs is 1. The van der Waals surface area contributed by atoms with Crippen molar-refractivity contribution in [3.63, 3.8) is 0 Å². The van der Waals surface area contributed by atoms with Crippen molar-refractivity contribution in [1.82, 2.24) is 14.9 Å². The number of rotatable bonds is 2. The van der Waals surface area contributed by atoms with Crippen LogP contribution in [0.4, 0.5) is 10.5 Å². The second-order valence-corrected chi connectivity index (χ2v) is 4.20. The van der Waals surface area contributed by atoms with Crippen molar-refractivity contribution in [2.45, 2.75) is 6.42 Å². The Kier molecular flexibility index (Phi) is 2.52. The van der Waals surface area contributed by atoms with E-state index in [2.05, 4.69) is 10.4 Å². The zero-order valence-corrected chi connectivity index (χ0v) is 9.87. The van der Waals surface area contributed by atoms with Crippen molar-refractivity contribution in [2.24, 2.45) is 0 Å². The van der Waals surface area contributed by atoms with E-state index < -0.39 is 6.03 Å². The molecule has 1 aliphatic rings. The van der Waals surface area contributed by atoms with Gasteiger partial charge in [-0.25, -0.2) is 9.31 Å². The molecule has 1 aliphatic heterocycles. The van der Waals surface area contributed by atoms with E-state index in [9.17, 15) is 14.4 Å². The molecule has 2 aromatic rings. The molecular weight excluding hydrogens is 248 g/mol. The fraction of sp³-hybridized carbons (Fsp3) is 0.167. The Balaban J connectivity index is 1.98. The van der Waals surface area contributed by atoms with Crippen molar-refractivity contribution >= 4 is 29.4 Å². The Morgan fingerprint density at radius 2 is 2.16 bits per heavy atom. The molecule has 19 heavy (non-hydrogen) atoms. The maximum Gasteiger partial charge on any atom is 0.328 e. The Hall–Kier alpha value is -2.70. The van der Waals surface area contributed by atoms with Crippen molar-refractivity contribution in [3.8, 4) is 0 Å². The second-order valence-electron chi connectivity index (χ2n) is 4.20. The summed E-state index contributed by atoms with van der Waals surface area (Å²) in [5, 5.41) is 6.30. The van der Waals surface area contributed by atoms with E-state index in [1.54, 1.807) is 24.4 Å². The number of anilines is 1. The van der Waals surface area contributed by atoms with Crippen LogP contribution < -0.4 is 10.2 Å². The van der Waals surface area contributed by atoms with Crippen molar-refractivity contribution in [2.75, 3.05) is 11.4 Å². The van der Waals surface area contributed by atoms with Crippen LogP contribution in [-0.2, 0) is 4.79 Å². The van der Waals surface area contributed by atoms with Crippen LogP contribution in [0.3, 0.4) is 0 Å². The summed E-state index contributed by atoms with van der Waals surface area (Å²) in [6.07, 6.45) is 2.58. The smallest absolute Gasteiger partial charge is 0.296 e. The van der Waals surface area contributed by atoms with Crippen molar-refractivity contribution < 1.29 is 14.4 Å². The van der Waals surface area contributed by atoms with Gasteiger partial charge in [0.25, 0.3) is 0 Å². The first kappa shape index (κ1) is 11.4. The van der Waals surface area contributed by atoms with Crippen LogP contribution in [0, 0.1) is 0 Å². The predicted molar refractivity (Wildman–Crippen MR) is 66.1 cm³/mol. The minimum Gasteiger partial charge on any atom is -0.296 e. The average molecular weight is 258 g/mol. The van der Waals surface area contributed by atoms with Gasteiger partial charge in [-0.2, -0.15) is 5.10 Å². The average Bonchev–Trinajstić information content (AvgIpc) is 2.80. The van der Waals surface area contributed by atoms with E-state index in [1.807, 2.05) is 0 Å². The lowest BCUT2D eigenvalue weighted by molar-refractivity contribution is -0.120. The SMILES string of the molecule is O=Cc1cc2ccc(N3CCC(=O)NC3=O)cn2n1. The number of carbonyl (C=O) groups is 3. The summed E-state index contributed by atoms with van der Waals surface area (Å²) in [5.41, 5.74) is 1.72. The summed E-state index contributed by atoms with van der Waals surface area (Å²) in [4.78, 5) is 34.9. The molecule has 2 aromatic heterocycles. The maximum absolute atomic E-state index is 11.7. The van der Waals surface area contributed by atoms with Crippen LogP contribution in [0.25, 0.3) is 5.52 Å². The summed E-state index contributed by atoms with van der Waals surface area (Å²) < 4.78 is 1.53. The molecule has 96 valence electrons. The molecule has 0 radical (unpaired) electrons. The molecule has 0 saturated carbocycles. The first-order valence-electron chi connectivity index (χ1n) is 5.73. The highest BCUT2D eigenvalue weighted by Gasteiger charge is 2.24. The molecule has 1 fully saturated rings. The first-order chi connectivity index (χ1) is 9.17. The van der Waals surface area contributed by atoms with Gasteiger partial charge in [-0.05, 0) is 18.2 Å². The predicted octanol–water partition coefficient (Wildman–Crippen LogP) is 0.593. The Labute approximate surface area is 107 Å². The lowest BCUT2D eigenvalue weighted by Crippen LogP contribution is -2.49. The number of carbonyl (C=O) groups excluding carboxylic acids is 3. The summed E-state index contributed by atoms with van der Waals surface area (Å²) in [6.45, 7) is 0.331. The number of aromatic nitrogens is 2. The monoisotopic (exact) mass is 258 g/mol. The summed E-state index contributed by atoms with van der Waals surface area (Å²) in [7, 11) is 0. The number of amides is 3. The standard InChI is InChI=1S/C12H10N4O3/c17-7-8-5-9-1-2-10(6-16(9)14-8)15-4-3-11(18)13-12(15)19/h1-2,5-7H,3-4H2,(H,13,18,19). The summed E-state index contributed by atoms with van der Waals surface area (Å²) in [6, 6.07) is 4.72. The van der Waals surface area contributed by atoms with Crippen LogP contribution in [0.2, 0.25) is 0 Å². The third-order valence-electron chi connectivity index (χ3n) is 2.95. The molecule has 3 rings (SSSR count). The molecular formula is C12H10N4O3. The van der Waals surface area contributed by atoms with Crippen molar-refractivity contribution in [1.29, 1.82) is 0 Å². The number of nitrogens with zero attached hydrogens (tertiary/aromatic N) is 3. The van der Waals surface area contributed by atoms with Gasteiger partial charge in [-0.3, -0.25) is 19.8 Å². The third-order valence-corrected chi connectivity index (χ3v) is 2.95. The highest BCUT2D eigenvalue weighted by atomic mass is 16.2. The summed E-state index contributed by atoms with van der Waals surface area (Å²) >= 11 is 0. The Morgan fingerprint density at radius 3 is 2.89 bits per heavy atom. The number of aldehydes is 1. The molecule has 0 atom stereocenters. The van der Waals surface area contributed by atoms with Crippen LogP contribution in [-0.4, -0.2) is 34.4 Å². The van der Waals surface area contributed by atoms with Gasteiger partial charge in [0.1, 0.15) is 5.69 Å². The molecule has 7 nitrogen and oxygen atoms in total. The van der Waals surface area contributed by atoms with E-state index >= 15 is 0 Å². The van der Waals surface area contributed by atoms with Gasteiger partial charge >= 0.3 is 6.03 Å². The molecule has 7 heteroatoms. The van der Waals surface area contributed by atoms with Gasteiger partial charge < -0.3 is 0 Å². The van der Waals surface area contributed by atoms with Gasteiger partial charge in [-0.15, -0.1) is 0 Å². The summed E-state index contributed by atoms with van der Waals surface area (Å²) in [5.74, 6) is -0.273. The van der Waals surface area contributed by atoms with E-state index in [0.717, 1.165) is 5.52 Å². The van der Waals surface area contributed by atoms with Crippen molar-refractivity contribution in [3.05, 3.63) is 30.1 Å². The normalized spacial score (nSPS) is 15.7. The van der Waals surface area contributed by atoms with E-state index in [0.29, 0.717) is 24.2 Å². The number of pyridine rings is 1. The molecule has 0 spiro atoms. The van der Waals surface area contributed by atoms with Crippen LogP contribution >= 0.6 is 0 Å². The van der Waals surface area contributed by atoms with Gasteiger partial charge in [0, 0.05) is 13.0 Å². The molecule has 3 heterocycles. The quantitative estimate of drug-likeness (QED) is 0.799. The first-order valence-corrected chi connectivity index (χ1v) is 5.73. The highest BCUT2D eigenvalue weighted by molar-refractivity contribution is 6.05. The van der Waals surface area contributed by atoms with E-state index in [4.69, 9.17) is 0 Å². The van der Waals surface area contributed by atoms with Gasteiger partial charge in [0.05, 0.1) is 17.4 Å². The number of hydrogen-bond donors (Lipinski definition) is 1. The molecule has 0 aliphatic carbocycles. The van der Waals surface area contributed by atoms with E-state index in [1.165, 1.54) is 9.42 Å². The minimum absolute atomic E-state index is 0.266. The maximum atomic E-state index is 11.7. The number of nitrogens with one attached hydrogen (secondary N) is 1. The second kappa shape index (κ2) is 4.20. The molecule has 0 aromatic carbocycles. The molecule has 0 unspecified atom stereocenters. The fourth-order valence-electron chi connectivity index (χ4n) is 2.02. The largest absolute Gasteiger partial charge is 0.328 e. The lowest BCUT2D eigenvalue weighted by atomic mass is 10.2.